The topological polar surface area (TPSA) is 43.1 Å². The van der Waals surface area contributed by atoms with Gasteiger partial charge in [0.25, 0.3) is 0 Å². The van der Waals surface area contributed by atoms with Crippen LogP contribution in [0.5, 0.6) is 0 Å². The van der Waals surface area contributed by atoms with E-state index in [0.717, 1.165) is 6.07 Å². The molecule has 0 aliphatic carbocycles. The average molecular weight is 278 g/mol. The molecule has 1 aromatic carbocycles. The maximum absolute atomic E-state index is 13.3. The monoisotopic (exact) mass is 277 g/mol. The molecular formula is C9H6BrF2NO2. The van der Waals surface area contributed by atoms with E-state index in [1.54, 1.807) is 0 Å². The molecule has 3 nitrogen and oxygen atoms in total. The molecule has 1 aromatic rings. The maximum Gasteiger partial charge on any atom is 0.307 e. The van der Waals surface area contributed by atoms with Gasteiger partial charge >= 0.3 is 5.69 Å². The minimum Gasteiger partial charge on any atom is -0.258 e. The van der Waals surface area contributed by atoms with Crippen LogP contribution in [0.25, 0.3) is 5.57 Å². The molecule has 0 aliphatic heterocycles. The van der Waals surface area contributed by atoms with Gasteiger partial charge < -0.3 is 0 Å². The van der Waals surface area contributed by atoms with Crippen molar-refractivity contribution in [1.29, 1.82) is 0 Å². The van der Waals surface area contributed by atoms with Crippen LogP contribution in [0.15, 0.2) is 18.7 Å². The second-order valence-corrected chi connectivity index (χ2v) is 3.34. The van der Waals surface area contributed by atoms with Crippen molar-refractivity contribution in [2.75, 3.05) is 5.33 Å². The van der Waals surface area contributed by atoms with Crippen molar-refractivity contribution >= 4 is 27.2 Å². The van der Waals surface area contributed by atoms with Gasteiger partial charge in [0.1, 0.15) is 5.82 Å². The van der Waals surface area contributed by atoms with Gasteiger partial charge in [0, 0.05) is 10.9 Å². The first-order chi connectivity index (χ1) is 6.97. The second-order valence-electron chi connectivity index (χ2n) is 2.78. The smallest absolute Gasteiger partial charge is 0.258 e. The number of nitro benzene ring substituents is 1. The summed E-state index contributed by atoms with van der Waals surface area (Å²) in [4.78, 5) is 9.32. The molecule has 0 radical (unpaired) electrons. The van der Waals surface area contributed by atoms with Gasteiger partial charge in [-0.25, -0.2) is 4.39 Å². The zero-order valence-electron chi connectivity index (χ0n) is 7.47. The van der Waals surface area contributed by atoms with Crippen LogP contribution in [0.2, 0.25) is 0 Å². The molecule has 0 N–H and O–H groups in total. The standard InChI is InChI=1S/C9H6BrF2NO2/c1-5(4-10)6-2-8(12)9(13(14)15)3-7(6)11/h2-3H,1,4H2. The van der Waals surface area contributed by atoms with Crippen LogP contribution in [0.1, 0.15) is 5.56 Å². The van der Waals surface area contributed by atoms with Crippen molar-refractivity contribution < 1.29 is 13.7 Å². The summed E-state index contributed by atoms with van der Waals surface area (Å²) in [7, 11) is 0. The second kappa shape index (κ2) is 4.48. The van der Waals surface area contributed by atoms with Crippen molar-refractivity contribution in [3.8, 4) is 0 Å². The van der Waals surface area contributed by atoms with Crippen molar-refractivity contribution in [1.82, 2.24) is 0 Å². The molecule has 0 amide bonds. The van der Waals surface area contributed by atoms with Crippen molar-refractivity contribution in [3.05, 3.63) is 46.0 Å². The third-order valence-electron chi connectivity index (χ3n) is 1.78. The van der Waals surface area contributed by atoms with Gasteiger partial charge in [-0.1, -0.05) is 22.5 Å². The Hall–Kier alpha value is -1.30. The number of hydrogen-bond acceptors (Lipinski definition) is 2. The Kier molecular flexibility index (Phi) is 3.52. The van der Waals surface area contributed by atoms with E-state index >= 15 is 0 Å². The Morgan fingerprint density at radius 1 is 1.47 bits per heavy atom. The molecule has 0 unspecified atom stereocenters. The van der Waals surface area contributed by atoms with E-state index in [1.165, 1.54) is 0 Å². The Bertz CT molecular complexity index is 434. The van der Waals surface area contributed by atoms with Crippen LogP contribution in [0, 0.1) is 21.7 Å². The fourth-order valence-electron chi connectivity index (χ4n) is 1.02. The summed E-state index contributed by atoms with van der Waals surface area (Å²) in [5.41, 5.74) is -0.616. The summed E-state index contributed by atoms with van der Waals surface area (Å²) >= 11 is 3.04. The van der Waals surface area contributed by atoms with Gasteiger partial charge in [-0.15, -0.1) is 0 Å². The molecule has 0 saturated heterocycles. The van der Waals surface area contributed by atoms with Crippen LogP contribution < -0.4 is 0 Å². The molecule has 0 aliphatic rings. The summed E-state index contributed by atoms with van der Waals surface area (Å²) in [5.74, 6) is -1.92. The number of benzene rings is 1. The maximum atomic E-state index is 13.3. The molecule has 0 heterocycles. The van der Waals surface area contributed by atoms with Crippen LogP contribution in [-0.2, 0) is 0 Å². The Labute approximate surface area is 92.7 Å². The number of halogens is 3. The van der Waals surface area contributed by atoms with E-state index < -0.39 is 22.2 Å². The number of nitro groups is 1. The summed E-state index contributed by atoms with van der Waals surface area (Å²) in [6, 6.07) is 1.33. The summed E-state index contributed by atoms with van der Waals surface area (Å²) in [6.07, 6.45) is 0. The van der Waals surface area contributed by atoms with E-state index in [2.05, 4.69) is 22.5 Å². The van der Waals surface area contributed by atoms with Crippen LogP contribution >= 0.6 is 15.9 Å². The Morgan fingerprint density at radius 2 is 2.07 bits per heavy atom. The van der Waals surface area contributed by atoms with Gasteiger partial charge in [-0.2, -0.15) is 4.39 Å². The molecule has 0 saturated carbocycles. The highest BCUT2D eigenvalue weighted by molar-refractivity contribution is 9.09. The first-order valence-electron chi connectivity index (χ1n) is 3.85. The van der Waals surface area contributed by atoms with Crippen LogP contribution in [0.3, 0.4) is 0 Å². The predicted molar refractivity (Wildman–Crippen MR) is 55.8 cm³/mol. The molecule has 0 fully saturated rings. The number of hydrogen-bond donors (Lipinski definition) is 0. The third kappa shape index (κ3) is 2.38. The van der Waals surface area contributed by atoms with Crippen LogP contribution in [0.4, 0.5) is 14.5 Å². The van der Waals surface area contributed by atoms with Gasteiger partial charge in [0.05, 0.1) is 11.0 Å². The average Bonchev–Trinajstić information content (AvgIpc) is 2.19. The van der Waals surface area contributed by atoms with E-state index in [1.807, 2.05) is 0 Å². The highest BCUT2D eigenvalue weighted by Crippen LogP contribution is 2.25. The number of rotatable bonds is 3. The molecule has 0 atom stereocenters. The van der Waals surface area contributed by atoms with Gasteiger partial charge in [0.15, 0.2) is 0 Å². The molecule has 80 valence electrons. The molecule has 15 heavy (non-hydrogen) atoms. The van der Waals surface area contributed by atoms with E-state index in [-0.39, 0.29) is 10.9 Å². The van der Waals surface area contributed by atoms with E-state index in [4.69, 9.17) is 0 Å². The number of alkyl halides is 1. The largest absolute Gasteiger partial charge is 0.307 e. The number of allylic oxidation sites excluding steroid dienone is 1. The lowest BCUT2D eigenvalue weighted by molar-refractivity contribution is -0.387. The van der Waals surface area contributed by atoms with Crippen molar-refractivity contribution in [2.24, 2.45) is 0 Å². The molecule has 1 rings (SSSR count). The van der Waals surface area contributed by atoms with Crippen molar-refractivity contribution in [2.45, 2.75) is 0 Å². The first-order valence-corrected chi connectivity index (χ1v) is 4.97. The zero-order chi connectivity index (χ0) is 11.6. The van der Waals surface area contributed by atoms with Crippen molar-refractivity contribution in [3.63, 3.8) is 0 Å². The zero-order valence-corrected chi connectivity index (χ0v) is 9.05. The van der Waals surface area contributed by atoms with Gasteiger partial charge in [-0.3, -0.25) is 10.1 Å². The van der Waals surface area contributed by atoms with E-state index in [9.17, 15) is 18.9 Å². The summed E-state index contributed by atoms with van der Waals surface area (Å²) in [6.45, 7) is 3.50. The lowest BCUT2D eigenvalue weighted by Crippen LogP contribution is -1.98. The highest BCUT2D eigenvalue weighted by Gasteiger charge is 2.19. The molecule has 0 bridgehead atoms. The summed E-state index contributed by atoms with van der Waals surface area (Å²) < 4.78 is 26.4. The fraction of sp³-hybridized carbons (Fsp3) is 0.111. The lowest BCUT2D eigenvalue weighted by atomic mass is 10.1. The predicted octanol–water partition coefficient (Wildman–Crippen LogP) is 3.28. The molecule has 6 heteroatoms. The first kappa shape index (κ1) is 11.8. The summed E-state index contributed by atoms with van der Waals surface area (Å²) in [5, 5.41) is 10.6. The lowest BCUT2D eigenvalue weighted by Gasteiger charge is -2.04. The normalized spacial score (nSPS) is 10.1. The quantitative estimate of drug-likeness (QED) is 0.483. The SMILES string of the molecule is C=C(CBr)c1cc(F)c([N+](=O)[O-])cc1F. The van der Waals surface area contributed by atoms with Crippen LogP contribution in [-0.4, -0.2) is 10.3 Å². The van der Waals surface area contributed by atoms with Gasteiger partial charge in [-0.05, 0) is 11.6 Å². The minimum atomic E-state index is -1.07. The fourth-order valence-corrected chi connectivity index (χ4v) is 1.32. The molecule has 0 spiro atoms. The number of nitrogens with zero attached hydrogens (tertiary/aromatic N) is 1. The minimum absolute atomic E-state index is 0.0602. The Balaban J connectivity index is 3.31. The van der Waals surface area contributed by atoms with Gasteiger partial charge in [0.2, 0.25) is 5.82 Å². The molecule has 0 aromatic heterocycles. The third-order valence-corrected chi connectivity index (χ3v) is 2.45. The highest BCUT2D eigenvalue weighted by atomic mass is 79.9. The molecular weight excluding hydrogens is 272 g/mol. The Morgan fingerprint density at radius 3 is 2.53 bits per heavy atom. The van der Waals surface area contributed by atoms with E-state index in [0.29, 0.717) is 11.6 Å².